The van der Waals surface area contributed by atoms with Crippen molar-refractivity contribution in [2.75, 3.05) is 63.2 Å². The molecule has 0 saturated carbocycles. The molecule has 7 heteroatoms. The van der Waals surface area contributed by atoms with Crippen molar-refractivity contribution < 1.29 is 24.4 Å². The van der Waals surface area contributed by atoms with Crippen LogP contribution in [0.3, 0.4) is 0 Å². The highest BCUT2D eigenvalue weighted by atomic mass is 32.2. The fraction of sp³-hybridized carbons (Fsp3) is 1.00. The van der Waals surface area contributed by atoms with E-state index < -0.39 is 12.2 Å². The maximum atomic E-state index is 9.70. The van der Waals surface area contributed by atoms with E-state index in [-0.39, 0.29) is 0 Å². The minimum absolute atomic E-state index is 0.319. The highest BCUT2D eigenvalue weighted by Gasteiger charge is 2.05. The van der Waals surface area contributed by atoms with Gasteiger partial charge in [0.25, 0.3) is 0 Å². The molecule has 0 heterocycles. The minimum Gasteiger partial charge on any atom is -0.391 e. The van der Waals surface area contributed by atoms with Crippen LogP contribution in [0.4, 0.5) is 0 Å². The maximum Gasteiger partial charge on any atom is 0.0863 e. The summed E-state index contributed by atoms with van der Waals surface area (Å²) in [6, 6.07) is 0. The van der Waals surface area contributed by atoms with Crippen LogP contribution in [0.25, 0.3) is 0 Å². The average Bonchev–Trinajstić information content (AvgIpc) is 2.49. The third kappa shape index (κ3) is 16.7. The molecule has 0 fully saturated rings. The Morgan fingerprint density at radius 2 is 1.48 bits per heavy atom. The molecule has 0 aliphatic carbocycles. The van der Waals surface area contributed by atoms with E-state index in [1.165, 1.54) is 0 Å². The molecule has 0 aliphatic rings. The predicted octanol–water partition coefficient (Wildman–Crippen LogP) is 1.26. The lowest BCUT2D eigenvalue weighted by atomic mass is 10.3. The van der Waals surface area contributed by atoms with Crippen molar-refractivity contribution in [2.24, 2.45) is 0 Å². The van der Waals surface area contributed by atoms with Gasteiger partial charge in [-0.05, 0) is 12.7 Å². The van der Waals surface area contributed by atoms with E-state index in [1.54, 1.807) is 23.5 Å². The number of aliphatic hydroxyl groups excluding tert-OH is 2. The second kappa shape index (κ2) is 16.9. The second-order valence-electron chi connectivity index (χ2n) is 4.55. The number of hydrogen-bond donors (Lipinski definition) is 2. The third-order valence-corrected chi connectivity index (χ3v) is 4.23. The molecule has 0 aliphatic heterocycles. The molecule has 5 nitrogen and oxygen atoms in total. The van der Waals surface area contributed by atoms with Crippen LogP contribution in [0.15, 0.2) is 0 Å². The van der Waals surface area contributed by atoms with Gasteiger partial charge in [0, 0.05) is 17.3 Å². The van der Waals surface area contributed by atoms with Crippen LogP contribution in [0, 0.1) is 0 Å². The molecule has 0 spiro atoms. The van der Waals surface area contributed by atoms with Gasteiger partial charge in [-0.3, -0.25) is 0 Å². The number of thioether (sulfide) groups is 2. The Kier molecular flexibility index (Phi) is 17.3. The van der Waals surface area contributed by atoms with Crippen LogP contribution in [0.5, 0.6) is 0 Å². The van der Waals surface area contributed by atoms with Crippen molar-refractivity contribution in [3.8, 4) is 0 Å². The molecule has 0 aromatic carbocycles. The monoisotopic (exact) mass is 342 g/mol. The Morgan fingerprint density at radius 3 is 2.10 bits per heavy atom. The molecular formula is C14H30O5S2. The van der Waals surface area contributed by atoms with Gasteiger partial charge < -0.3 is 24.4 Å². The van der Waals surface area contributed by atoms with E-state index in [0.29, 0.717) is 38.6 Å². The van der Waals surface area contributed by atoms with Crippen molar-refractivity contribution in [1.29, 1.82) is 0 Å². The summed E-state index contributed by atoms with van der Waals surface area (Å²) in [7, 11) is 0. The average molecular weight is 343 g/mol. The van der Waals surface area contributed by atoms with E-state index in [9.17, 15) is 10.2 Å². The molecule has 21 heavy (non-hydrogen) atoms. The Bertz CT molecular complexity index is 210. The molecule has 2 atom stereocenters. The van der Waals surface area contributed by atoms with Gasteiger partial charge in [-0.1, -0.05) is 6.92 Å². The molecular weight excluding hydrogens is 312 g/mol. The van der Waals surface area contributed by atoms with E-state index in [0.717, 1.165) is 24.7 Å². The largest absolute Gasteiger partial charge is 0.391 e. The maximum absolute atomic E-state index is 9.70. The van der Waals surface area contributed by atoms with Gasteiger partial charge in [-0.15, -0.1) is 0 Å². The van der Waals surface area contributed by atoms with E-state index in [2.05, 4.69) is 6.26 Å². The summed E-state index contributed by atoms with van der Waals surface area (Å²) in [5, 5.41) is 19.0. The van der Waals surface area contributed by atoms with E-state index >= 15 is 0 Å². The Hall–Kier alpha value is 0.500. The van der Waals surface area contributed by atoms with Crippen LogP contribution in [-0.4, -0.2) is 85.6 Å². The minimum atomic E-state index is -0.456. The standard InChI is InChI=1S/C14H30O5S2/c1-3-13(15)10-18-4-5-19-11-14(16)12-21-9-7-17-6-8-20-2/h13-16H,3-12H2,1-2H3. The summed E-state index contributed by atoms with van der Waals surface area (Å²) >= 11 is 3.44. The first kappa shape index (κ1) is 21.5. The summed E-state index contributed by atoms with van der Waals surface area (Å²) in [5.41, 5.74) is 0. The van der Waals surface area contributed by atoms with Crippen molar-refractivity contribution in [1.82, 2.24) is 0 Å². The first-order valence-electron chi connectivity index (χ1n) is 7.36. The number of ether oxygens (including phenoxy) is 3. The second-order valence-corrected chi connectivity index (χ2v) is 6.68. The molecule has 2 N–H and O–H groups in total. The van der Waals surface area contributed by atoms with Crippen molar-refractivity contribution >= 4 is 23.5 Å². The third-order valence-electron chi connectivity index (χ3n) is 2.58. The molecule has 0 rings (SSSR count). The molecule has 0 radical (unpaired) electrons. The van der Waals surface area contributed by atoms with Crippen LogP contribution < -0.4 is 0 Å². The SMILES string of the molecule is CCC(O)COCCOCC(O)CSCCOCCSC. The fourth-order valence-electron chi connectivity index (χ4n) is 1.30. The first-order valence-corrected chi connectivity index (χ1v) is 9.91. The first-order chi connectivity index (χ1) is 10.2. The summed E-state index contributed by atoms with van der Waals surface area (Å²) in [5.74, 6) is 2.57. The highest BCUT2D eigenvalue weighted by molar-refractivity contribution is 7.99. The van der Waals surface area contributed by atoms with Crippen LogP contribution in [-0.2, 0) is 14.2 Å². The summed E-state index contributed by atoms with van der Waals surface area (Å²) in [4.78, 5) is 0. The summed E-state index contributed by atoms with van der Waals surface area (Å²) in [6.45, 7) is 4.98. The lowest BCUT2D eigenvalue weighted by Gasteiger charge is -2.12. The Balaban J connectivity index is 3.18. The van der Waals surface area contributed by atoms with Gasteiger partial charge in [-0.25, -0.2) is 0 Å². The normalized spacial score (nSPS) is 14.3. The van der Waals surface area contributed by atoms with Gasteiger partial charge in [-0.2, -0.15) is 23.5 Å². The lowest BCUT2D eigenvalue weighted by molar-refractivity contribution is -0.0134. The zero-order valence-corrected chi connectivity index (χ0v) is 14.8. The molecule has 2 unspecified atom stereocenters. The Morgan fingerprint density at radius 1 is 0.857 bits per heavy atom. The number of rotatable bonds is 16. The highest BCUT2D eigenvalue weighted by Crippen LogP contribution is 2.04. The predicted molar refractivity (Wildman–Crippen MR) is 90.5 cm³/mol. The van der Waals surface area contributed by atoms with Crippen LogP contribution >= 0.6 is 23.5 Å². The molecule has 0 bridgehead atoms. The van der Waals surface area contributed by atoms with Gasteiger partial charge in [0.15, 0.2) is 0 Å². The molecule has 0 saturated heterocycles. The zero-order chi connectivity index (χ0) is 15.8. The van der Waals surface area contributed by atoms with Crippen molar-refractivity contribution in [2.45, 2.75) is 25.6 Å². The van der Waals surface area contributed by atoms with Crippen LogP contribution in [0.1, 0.15) is 13.3 Å². The van der Waals surface area contributed by atoms with Crippen molar-refractivity contribution in [3.05, 3.63) is 0 Å². The fourth-order valence-corrected chi connectivity index (χ4v) is 2.36. The molecule has 128 valence electrons. The lowest BCUT2D eigenvalue weighted by Crippen LogP contribution is -2.21. The quantitative estimate of drug-likeness (QED) is 0.409. The number of hydrogen-bond acceptors (Lipinski definition) is 7. The van der Waals surface area contributed by atoms with Gasteiger partial charge in [0.1, 0.15) is 0 Å². The Labute approximate surface area is 137 Å². The summed E-state index contributed by atoms with van der Waals surface area (Å²) < 4.78 is 16.0. The molecule has 0 aromatic heterocycles. The van der Waals surface area contributed by atoms with Gasteiger partial charge in [0.2, 0.25) is 0 Å². The van der Waals surface area contributed by atoms with Gasteiger partial charge >= 0.3 is 0 Å². The van der Waals surface area contributed by atoms with Gasteiger partial charge in [0.05, 0.1) is 51.8 Å². The van der Waals surface area contributed by atoms with Crippen LogP contribution in [0.2, 0.25) is 0 Å². The smallest absolute Gasteiger partial charge is 0.0863 e. The number of aliphatic hydroxyl groups is 2. The zero-order valence-electron chi connectivity index (χ0n) is 13.2. The van der Waals surface area contributed by atoms with E-state index in [1.807, 2.05) is 6.92 Å². The molecule has 0 amide bonds. The topological polar surface area (TPSA) is 68.2 Å². The van der Waals surface area contributed by atoms with Crippen molar-refractivity contribution in [3.63, 3.8) is 0 Å². The van der Waals surface area contributed by atoms with E-state index in [4.69, 9.17) is 14.2 Å². The summed E-state index contributed by atoms with van der Waals surface area (Å²) in [6.07, 6.45) is 1.90. The molecule has 0 aromatic rings.